The third kappa shape index (κ3) is 1.53. The Kier molecular flexibility index (Phi) is 2.17. The van der Waals surface area contributed by atoms with E-state index in [0.717, 1.165) is 17.8 Å². The molecule has 0 spiro atoms. The van der Waals surface area contributed by atoms with Gasteiger partial charge in [0.05, 0.1) is 0 Å². The number of H-pyrrole nitrogens is 2. The summed E-state index contributed by atoms with van der Waals surface area (Å²) in [6.45, 7) is 6.17. The van der Waals surface area contributed by atoms with Crippen LogP contribution >= 0.6 is 0 Å². The molecule has 0 aliphatic heterocycles. The lowest BCUT2D eigenvalue weighted by Gasteiger charge is -2.02. The molecule has 0 saturated carbocycles. The van der Waals surface area contributed by atoms with Gasteiger partial charge < -0.3 is 9.97 Å². The zero-order valence-electron chi connectivity index (χ0n) is 7.19. The van der Waals surface area contributed by atoms with E-state index >= 15 is 0 Å². The monoisotopic (exact) mass is 154 g/mol. The Morgan fingerprint density at radius 2 is 2.00 bits per heavy atom. The Morgan fingerprint density at radius 3 is 2.36 bits per heavy atom. The largest absolute Gasteiger partial charge is 0.323 e. The second kappa shape index (κ2) is 2.95. The minimum absolute atomic E-state index is 0.0921. The van der Waals surface area contributed by atoms with Crippen molar-refractivity contribution in [1.29, 1.82) is 0 Å². The lowest BCUT2D eigenvalue weighted by Crippen LogP contribution is -2.01. The molecule has 0 unspecified atom stereocenters. The molecule has 1 aromatic heterocycles. The molecule has 1 rings (SSSR count). The Bertz CT molecular complexity index is 283. The van der Waals surface area contributed by atoms with Crippen LogP contribution in [0.15, 0.2) is 4.79 Å². The minimum Gasteiger partial charge on any atom is -0.310 e. The molecule has 0 atom stereocenters. The summed E-state index contributed by atoms with van der Waals surface area (Å²) in [5.41, 5.74) is 1.98. The van der Waals surface area contributed by atoms with E-state index in [1.54, 1.807) is 0 Å². The smallest absolute Gasteiger partial charge is 0.310 e. The van der Waals surface area contributed by atoms with E-state index in [1.165, 1.54) is 0 Å². The van der Waals surface area contributed by atoms with E-state index < -0.39 is 0 Å². The first-order chi connectivity index (χ1) is 5.15. The second-order valence-electron chi connectivity index (χ2n) is 2.98. The highest BCUT2D eigenvalue weighted by molar-refractivity contribution is 5.14. The summed E-state index contributed by atoms with van der Waals surface area (Å²) in [5, 5.41) is 0. The Labute approximate surface area is 65.8 Å². The summed E-state index contributed by atoms with van der Waals surface area (Å²) in [7, 11) is 0. The van der Waals surface area contributed by atoms with Crippen molar-refractivity contribution >= 4 is 0 Å². The van der Waals surface area contributed by atoms with Gasteiger partial charge in [0.1, 0.15) is 0 Å². The van der Waals surface area contributed by atoms with Crippen LogP contribution in [0.25, 0.3) is 0 Å². The van der Waals surface area contributed by atoms with Crippen LogP contribution in [0.3, 0.4) is 0 Å². The van der Waals surface area contributed by atoms with Crippen molar-refractivity contribution in [2.75, 3.05) is 0 Å². The molecule has 3 nitrogen and oxygen atoms in total. The van der Waals surface area contributed by atoms with E-state index in [9.17, 15) is 4.79 Å². The maximum Gasteiger partial charge on any atom is 0.323 e. The maximum atomic E-state index is 10.9. The fourth-order valence-corrected chi connectivity index (χ4v) is 1.21. The highest BCUT2D eigenvalue weighted by atomic mass is 16.1. The number of hydrogen-bond acceptors (Lipinski definition) is 1. The number of aromatic nitrogens is 2. The zero-order chi connectivity index (χ0) is 8.43. The van der Waals surface area contributed by atoms with E-state index in [2.05, 4.69) is 23.8 Å². The van der Waals surface area contributed by atoms with Crippen molar-refractivity contribution < 1.29 is 0 Å². The van der Waals surface area contributed by atoms with Gasteiger partial charge in [-0.25, -0.2) is 4.79 Å². The van der Waals surface area contributed by atoms with Crippen LogP contribution in [0.5, 0.6) is 0 Å². The average Bonchev–Trinajstić information content (AvgIpc) is 2.30. The molecule has 0 aromatic carbocycles. The zero-order valence-corrected chi connectivity index (χ0v) is 7.19. The molecule has 0 aliphatic rings. The first-order valence-electron chi connectivity index (χ1n) is 3.96. The summed E-state index contributed by atoms with van der Waals surface area (Å²) in [6, 6.07) is 0. The van der Waals surface area contributed by atoms with E-state index in [1.807, 2.05) is 6.92 Å². The first kappa shape index (κ1) is 8.11. The van der Waals surface area contributed by atoms with Crippen molar-refractivity contribution in [1.82, 2.24) is 9.97 Å². The molecule has 1 aromatic rings. The molecular weight excluding hydrogens is 140 g/mol. The standard InChI is InChI=1S/C8H14N2O/c1-4-6-7(5(2)3)10-8(11)9-6/h5H,4H2,1-3H3,(H2,9,10,11). The van der Waals surface area contributed by atoms with Crippen molar-refractivity contribution in [3.8, 4) is 0 Å². The van der Waals surface area contributed by atoms with Gasteiger partial charge in [0.15, 0.2) is 0 Å². The lowest BCUT2D eigenvalue weighted by atomic mass is 10.1. The maximum absolute atomic E-state index is 10.9. The third-order valence-electron chi connectivity index (χ3n) is 1.77. The van der Waals surface area contributed by atoms with Crippen LogP contribution in [0.4, 0.5) is 0 Å². The summed E-state index contributed by atoms with van der Waals surface area (Å²) in [5.74, 6) is 0.392. The minimum atomic E-state index is -0.0921. The third-order valence-corrected chi connectivity index (χ3v) is 1.77. The number of rotatable bonds is 2. The van der Waals surface area contributed by atoms with Gasteiger partial charge in [-0.3, -0.25) is 0 Å². The Balaban J connectivity index is 3.12. The number of nitrogens with one attached hydrogen (secondary N) is 2. The van der Waals surface area contributed by atoms with Crippen LogP contribution in [0, 0.1) is 0 Å². The molecule has 11 heavy (non-hydrogen) atoms. The van der Waals surface area contributed by atoms with Crippen molar-refractivity contribution in [3.05, 3.63) is 21.9 Å². The number of hydrogen-bond donors (Lipinski definition) is 2. The average molecular weight is 154 g/mol. The molecular formula is C8H14N2O. The molecule has 1 heterocycles. The molecule has 0 radical (unpaired) electrons. The molecule has 0 saturated heterocycles. The topological polar surface area (TPSA) is 48.6 Å². The molecule has 62 valence electrons. The molecule has 3 heteroatoms. The normalized spacial score (nSPS) is 10.9. The van der Waals surface area contributed by atoms with Gasteiger partial charge in [-0.15, -0.1) is 0 Å². The van der Waals surface area contributed by atoms with Crippen LogP contribution in [0.2, 0.25) is 0 Å². The molecule has 2 N–H and O–H groups in total. The SMILES string of the molecule is CCc1[nH]c(=O)[nH]c1C(C)C. The lowest BCUT2D eigenvalue weighted by molar-refractivity contribution is 0.808. The highest BCUT2D eigenvalue weighted by Crippen LogP contribution is 2.13. The predicted molar refractivity (Wildman–Crippen MR) is 44.9 cm³/mol. The fourth-order valence-electron chi connectivity index (χ4n) is 1.21. The fraction of sp³-hybridized carbons (Fsp3) is 0.625. The predicted octanol–water partition coefficient (Wildman–Crippen LogP) is 1.39. The quantitative estimate of drug-likeness (QED) is 0.664. The van der Waals surface area contributed by atoms with E-state index in [-0.39, 0.29) is 5.69 Å². The van der Waals surface area contributed by atoms with Gasteiger partial charge in [-0.1, -0.05) is 20.8 Å². The van der Waals surface area contributed by atoms with Gasteiger partial charge in [0, 0.05) is 11.4 Å². The summed E-state index contributed by atoms with van der Waals surface area (Å²) >= 11 is 0. The first-order valence-corrected chi connectivity index (χ1v) is 3.96. The second-order valence-corrected chi connectivity index (χ2v) is 2.98. The van der Waals surface area contributed by atoms with Gasteiger partial charge >= 0.3 is 5.69 Å². The molecule has 0 amide bonds. The Morgan fingerprint density at radius 1 is 1.36 bits per heavy atom. The summed E-state index contributed by atoms with van der Waals surface area (Å²) in [6.07, 6.45) is 0.881. The van der Waals surface area contributed by atoms with E-state index in [4.69, 9.17) is 0 Å². The number of aryl methyl sites for hydroxylation is 1. The van der Waals surface area contributed by atoms with Crippen molar-refractivity contribution in [3.63, 3.8) is 0 Å². The van der Waals surface area contributed by atoms with Crippen molar-refractivity contribution in [2.45, 2.75) is 33.1 Å². The van der Waals surface area contributed by atoms with Gasteiger partial charge in [-0.05, 0) is 12.3 Å². The molecule has 0 fully saturated rings. The number of imidazole rings is 1. The van der Waals surface area contributed by atoms with Gasteiger partial charge in [0.25, 0.3) is 0 Å². The van der Waals surface area contributed by atoms with Crippen LogP contribution < -0.4 is 5.69 Å². The molecule has 0 aliphatic carbocycles. The van der Waals surface area contributed by atoms with Crippen LogP contribution in [0.1, 0.15) is 38.1 Å². The van der Waals surface area contributed by atoms with E-state index in [0.29, 0.717) is 5.92 Å². The van der Waals surface area contributed by atoms with Gasteiger partial charge in [-0.2, -0.15) is 0 Å². The summed E-state index contributed by atoms with van der Waals surface area (Å²) in [4.78, 5) is 16.4. The molecule has 0 bridgehead atoms. The van der Waals surface area contributed by atoms with Gasteiger partial charge in [0.2, 0.25) is 0 Å². The van der Waals surface area contributed by atoms with Crippen LogP contribution in [-0.4, -0.2) is 9.97 Å². The van der Waals surface area contributed by atoms with Crippen molar-refractivity contribution in [2.24, 2.45) is 0 Å². The van der Waals surface area contributed by atoms with Crippen LogP contribution in [-0.2, 0) is 6.42 Å². The highest BCUT2D eigenvalue weighted by Gasteiger charge is 2.07. The Hall–Kier alpha value is -0.990. The summed E-state index contributed by atoms with van der Waals surface area (Å²) < 4.78 is 0. The number of aromatic amines is 2.